The van der Waals surface area contributed by atoms with Crippen molar-refractivity contribution in [2.45, 2.75) is 39.5 Å². The van der Waals surface area contributed by atoms with Crippen molar-refractivity contribution in [3.05, 3.63) is 17.5 Å². The number of ether oxygens (including phenoxy) is 1. The van der Waals surface area contributed by atoms with E-state index in [1.165, 1.54) is 25.7 Å². The molecular weight excluding hydrogens is 192 g/mol. The Balaban J connectivity index is 2.13. The molecule has 1 atom stereocenters. The molecule has 0 aliphatic rings. The lowest BCUT2D eigenvalue weighted by Gasteiger charge is -2.13. The summed E-state index contributed by atoms with van der Waals surface area (Å²) in [6.45, 7) is 5.40. The van der Waals surface area contributed by atoms with Gasteiger partial charge in [0.05, 0.1) is 6.61 Å². The molecule has 1 aromatic rings. The van der Waals surface area contributed by atoms with Crippen LogP contribution >= 0.6 is 11.3 Å². The van der Waals surface area contributed by atoms with E-state index in [4.69, 9.17) is 4.74 Å². The van der Waals surface area contributed by atoms with Crippen molar-refractivity contribution >= 4 is 11.3 Å². The molecule has 0 aliphatic heterocycles. The highest BCUT2D eigenvalue weighted by molar-refractivity contribution is 7.11. The van der Waals surface area contributed by atoms with Crippen LogP contribution in [0, 0.1) is 5.92 Å². The summed E-state index contributed by atoms with van der Waals surface area (Å²) in [4.78, 5) is 0. The molecule has 1 nitrogen and oxygen atoms in total. The molecule has 0 aliphatic carbocycles. The fraction of sp³-hybridized carbons (Fsp3) is 0.667. The van der Waals surface area contributed by atoms with E-state index in [1.807, 2.05) is 12.1 Å². The fourth-order valence-electron chi connectivity index (χ4n) is 1.63. The van der Waals surface area contributed by atoms with E-state index in [2.05, 4.69) is 19.2 Å². The second-order valence-corrected chi connectivity index (χ2v) is 4.54. The predicted molar refractivity (Wildman–Crippen MR) is 63.1 cm³/mol. The minimum atomic E-state index is 0.847. The van der Waals surface area contributed by atoms with Gasteiger partial charge in [-0.3, -0.25) is 0 Å². The normalized spacial score (nSPS) is 12.7. The molecule has 1 unspecified atom stereocenters. The SMILES string of the molecule is CCCC(CC)CCOc1cccs1. The minimum Gasteiger partial charge on any atom is -0.484 e. The van der Waals surface area contributed by atoms with Crippen molar-refractivity contribution in [3.8, 4) is 5.06 Å². The molecule has 80 valence electrons. The van der Waals surface area contributed by atoms with Crippen LogP contribution in [-0.2, 0) is 0 Å². The van der Waals surface area contributed by atoms with Gasteiger partial charge in [-0.25, -0.2) is 0 Å². The number of rotatable bonds is 7. The Morgan fingerprint density at radius 1 is 1.36 bits per heavy atom. The van der Waals surface area contributed by atoms with E-state index < -0.39 is 0 Å². The molecule has 14 heavy (non-hydrogen) atoms. The van der Waals surface area contributed by atoms with E-state index in [0.717, 1.165) is 17.6 Å². The number of hydrogen-bond donors (Lipinski definition) is 0. The van der Waals surface area contributed by atoms with Gasteiger partial charge in [-0.15, -0.1) is 11.3 Å². The minimum absolute atomic E-state index is 0.847. The summed E-state index contributed by atoms with van der Waals surface area (Å²) in [7, 11) is 0. The van der Waals surface area contributed by atoms with Gasteiger partial charge in [0.2, 0.25) is 0 Å². The lowest BCUT2D eigenvalue weighted by Crippen LogP contribution is -2.05. The largest absolute Gasteiger partial charge is 0.484 e. The maximum atomic E-state index is 5.64. The molecule has 0 amide bonds. The summed E-state index contributed by atoms with van der Waals surface area (Å²) in [6, 6.07) is 4.06. The zero-order valence-corrected chi connectivity index (χ0v) is 9.98. The van der Waals surface area contributed by atoms with Crippen molar-refractivity contribution in [2.24, 2.45) is 5.92 Å². The fourth-order valence-corrected chi connectivity index (χ4v) is 2.23. The average molecular weight is 212 g/mol. The van der Waals surface area contributed by atoms with Gasteiger partial charge in [-0.05, 0) is 29.9 Å². The maximum absolute atomic E-state index is 5.64. The first kappa shape index (κ1) is 11.6. The molecule has 0 bridgehead atoms. The Hall–Kier alpha value is -0.500. The van der Waals surface area contributed by atoms with Crippen LogP contribution in [0.5, 0.6) is 5.06 Å². The van der Waals surface area contributed by atoms with Crippen LogP contribution in [0.2, 0.25) is 0 Å². The Kier molecular flexibility index (Phi) is 5.69. The van der Waals surface area contributed by atoms with Crippen molar-refractivity contribution in [1.29, 1.82) is 0 Å². The first-order valence-electron chi connectivity index (χ1n) is 5.53. The summed E-state index contributed by atoms with van der Waals surface area (Å²) in [5.41, 5.74) is 0. The van der Waals surface area contributed by atoms with Crippen LogP contribution < -0.4 is 4.74 Å². The molecular formula is C12H20OS. The Bertz CT molecular complexity index is 218. The lowest BCUT2D eigenvalue weighted by atomic mass is 9.98. The highest BCUT2D eigenvalue weighted by Crippen LogP contribution is 2.20. The van der Waals surface area contributed by atoms with Crippen LogP contribution in [0.25, 0.3) is 0 Å². The molecule has 1 rings (SSSR count). The summed E-state index contributed by atoms with van der Waals surface area (Å²) in [6.07, 6.45) is 5.10. The van der Waals surface area contributed by atoms with Gasteiger partial charge >= 0.3 is 0 Å². The molecule has 0 saturated heterocycles. The molecule has 0 spiro atoms. The van der Waals surface area contributed by atoms with Gasteiger partial charge < -0.3 is 4.74 Å². The summed E-state index contributed by atoms with van der Waals surface area (Å²) in [5.74, 6) is 0.847. The highest BCUT2D eigenvalue weighted by atomic mass is 32.1. The topological polar surface area (TPSA) is 9.23 Å². The third kappa shape index (κ3) is 4.14. The van der Waals surface area contributed by atoms with Crippen LogP contribution in [-0.4, -0.2) is 6.61 Å². The second-order valence-electron chi connectivity index (χ2n) is 3.63. The first-order valence-corrected chi connectivity index (χ1v) is 6.41. The van der Waals surface area contributed by atoms with Crippen LogP contribution in [0.4, 0.5) is 0 Å². The Morgan fingerprint density at radius 3 is 2.79 bits per heavy atom. The molecule has 0 saturated carbocycles. The van der Waals surface area contributed by atoms with Crippen LogP contribution in [0.3, 0.4) is 0 Å². The van der Waals surface area contributed by atoms with Crippen molar-refractivity contribution < 1.29 is 4.74 Å². The third-order valence-electron chi connectivity index (χ3n) is 2.54. The molecule has 2 heteroatoms. The van der Waals surface area contributed by atoms with Crippen LogP contribution in [0.1, 0.15) is 39.5 Å². The van der Waals surface area contributed by atoms with Crippen molar-refractivity contribution in [3.63, 3.8) is 0 Å². The van der Waals surface area contributed by atoms with E-state index in [9.17, 15) is 0 Å². The van der Waals surface area contributed by atoms with E-state index in [0.29, 0.717) is 0 Å². The summed E-state index contributed by atoms with van der Waals surface area (Å²) >= 11 is 1.67. The molecule has 0 fully saturated rings. The standard InChI is InChI=1S/C12H20OS/c1-3-6-11(4-2)8-9-13-12-7-5-10-14-12/h5,7,10-11H,3-4,6,8-9H2,1-2H3. The van der Waals surface area contributed by atoms with Gasteiger partial charge in [0.25, 0.3) is 0 Å². The van der Waals surface area contributed by atoms with Gasteiger partial charge in [0.15, 0.2) is 5.06 Å². The summed E-state index contributed by atoms with van der Waals surface area (Å²) in [5, 5.41) is 3.11. The zero-order chi connectivity index (χ0) is 10.2. The van der Waals surface area contributed by atoms with Gasteiger partial charge in [-0.1, -0.05) is 33.1 Å². The van der Waals surface area contributed by atoms with Crippen molar-refractivity contribution in [2.75, 3.05) is 6.61 Å². The van der Waals surface area contributed by atoms with Gasteiger partial charge in [-0.2, -0.15) is 0 Å². The first-order chi connectivity index (χ1) is 6.86. The van der Waals surface area contributed by atoms with Gasteiger partial charge in [0, 0.05) is 0 Å². The molecule has 0 aromatic carbocycles. The Morgan fingerprint density at radius 2 is 2.21 bits per heavy atom. The van der Waals surface area contributed by atoms with E-state index >= 15 is 0 Å². The molecule has 1 aromatic heterocycles. The number of thiophene rings is 1. The zero-order valence-electron chi connectivity index (χ0n) is 9.16. The number of hydrogen-bond acceptors (Lipinski definition) is 2. The quantitative estimate of drug-likeness (QED) is 0.653. The van der Waals surface area contributed by atoms with Crippen molar-refractivity contribution in [1.82, 2.24) is 0 Å². The summed E-state index contributed by atoms with van der Waals surface area (Å²) < 4.78 is 5.64. The van der Waals surface area contributed by atoms with Crippen LogP contribution in [0.15, 0.2) is 17.5 Å². The Labute approximate surface area is 91.1 Å². The lowest BCUT2D eigenvalue weighted by molar-refractivity contribution is 0.274. The van der Waals surface area contributed by atoms with E-state index in [1.54, 1.807) is 11.3 Å². The molecule has 1 heterocycles. The average Bonchev–Trinajstić information content (AvgIpc) is 2.69. The highest BCUT2D eigenvalue weighted by Gasteiger charge is 2.05. The third-order valence-corrected chi connectivity index (χ3v) is 3.32. The van der Waals surface area contributed by atoms with Gasteiger partial charge in [0.1, 0.15) is 0 Å². The predicted octanol–water partition coefficient (Wildman–Crippen LogP) is 4.34. The second kappa shape index (κ2) is 6.88. The maximum Gasteiger partial charge on any atom is 0.173 e. The smallest absolute Gasteiger partial charge is 0.173 e. The monoisotopic (exact) mass is 212 g/mol. The van der Waals surface area contributed by atoms with E-state index in [-0.39, 0.29) is 0 Å². The molecule has 0 N–H and O–H groups in total. The molecule has 0 radical (unpaired) electrons.